The molecular formula is C18H21N5O2. The first kappa shape index (κ1) is 16.8. The Morgan fingerprint density at radius 2 is 2.20 bits per heavy atom. The van der Waals surface area contributed by atoms with E-state index < -0.39 is 0 Å². The van der Waals surface area contributed by atoms with Crippen LogP contribution in [-0.2, 0) is 6.42 Å². The molecular weight excluding hydrogens is 318 g/mol. The third-order valence-corrected chi connectivity index (χ3v) is 4.22. The van der Waals surface area contributed by atoms with Crippen LogP contribution < -0.4 is 10.2 Å². The van der Waals surface area contributed by atoms with Gasteiger partial charge in [0.15, 0.2) is 0 Å². The number of carbonyl (C=O) groups excluding carboxylic acids is 1. The molecule has 0 bridgehead atoms. The summed E-state index contributed by atoms with van der Waals surface area (Å²) in [5.41, 5.74) is 0.594. The van der Waals surface area contributed by atoms with E-state index in [-0.39, 0.29) is 12.1 Å². The third-order valence-electron chi connectivity index (χ3n) is 4.22. The topological polar surface area (TPSA) is 85.4 Å². The predicted molar refractivity (Wildman–Crippen MR) is 93.1 cm³/mol. The monoisotopic (exact) mass is 339 g/mol. The molecule has 1 fully saturated rings. The van der Waals surface area contributed by atoms with Gasteiger partial charge in [0.25, 0.3) is 0 Å². The Morgan fingerprint density at radius 1 is 1.40 bits per heavy atom. The fourth-order valence-electron chi connectivity index (χ4n) is 2.88. The van der Waals surface area contributed by atoms with Crippen LogP contribution in [0.5, 0.6) is 0 Å². The van der Waals surface area contributed by atoms with Gasteiger partial charge in [0.2, 0.25) is 0 Å². The number of hydrogen-bond acceptors (Lipinski definition) is 5. The van der Waals surface area contributed by atoms with E-state index in [1.54, 1.807) is 24.6 Å². The lowest BCUT2D eigenvalue weighted by Gasteiger charge is -2.35. The first-order valence-electron chi connectivity index (χ1n) is 8.34. The molecule has 7 heteroatoms. The second-order valence-corrected chi connectivity index (χ2v) is 6.12. The van der Waals surface area contributed by atoms with E-state index >= 15 is 0 Å². The number of anilines is 1. The van der Waals surface area contributed by atoms with Crippen molar-refractivity contribution in [2.75, 3.05) is 31.1 Å². The number of furan rings is 1. The number of nitrogens with one attached hydrogen (secondary N) is 1. The molecule has 0 radical (unpaired) electrons. The van der Waals surface area contributed by atoms with Gasteiger partial charge in [-0.05, 0) is 31.2 Å². The molecule has 3 rings (SSSR count). The molecule has 7 nitrogen and oxygen atoms in total. The molecule has 2 aromatic heterocycles. The maximum atomic E-state index is 12.4. The number of rotatable bonds is 4. The molecule has 0 aromatic carbocycles. The summed E-state index contributed by atoms with van der Waals surface area (Å²) in [6.07, 6.45) is 3.95. The van der Waals surface area contributed by atoms with Gasteiger partial charge in [-0.2, -0.15) is 5.26 Å². The molecule has 2 amide bonds. The Bertz CT molecular complexity index is 745. The Hall–Kier alpha value is -3.01. The zero-order valence-corrected chi connectivity index (χ0v) is 14.2. The minimum atomic E-state index is -0.0579. The van der Waals surface area contributed by atoms with Gasteiger partial charge in [0.1, 0.15) is 11.6 Å². The number of amides is 2. The first-order chi connectivity index (χ1) is 12.2. The summed E-state index contributed by atoms with van der Waals surface area (Å²) in [6.45, 7) is 4.60. The Labute approximate surface area is 146 Å². The van der Waals surface area contributed by atoms with E-state index in [9.17, 15) is 4.79 Å². The summed E-state index contributed by atoms with van der Waals surface area (Å²) in [7, 11) is 0. The van der Waals surface area contributed by atoms with E-state index in [1.165, 1.54) is 0 Å². The number of piperazine rings is 1. The molecule has 1 saturated heterocycles. The van der Waals surface area contributed by atoms with E-state index in [1.807, 2.05) is 24.0 Å². The number of hydrogen-bond donors (Lipinski definition) is 1. The molecule has 0 spiro atoms. The maximum Gasteiger partial charge on any atom is 0.317 e. The van der Waals surface area contributed by atoms with E-state index in [2.05, 4.69) is 21.3 Å². The quantitative estimate of drug-likeness (QED) is 0.921. The highest BCUT2D eigenvalue weighted by atomic mass is 16.3. The van der Waals surface area contributed by atoms with Crippen LogP contribution in [0, 0.1) is 11.3 Å². The summed E-state index contributed by atoms with van der Waals surface area (Å²) in [6, 6.07) is 9.29. The van der Waals surface area contributed by atoms with Crippen LogP contribution in [0.1, 0.15) is 18.2 Å². The number of carbonyl (C=O) groups is 1. The number of nitrogens with zero attached hydrogens (tertiary/aromatic N) is 4. The summed E-state index contributed by atoms with van der Waals surface area (Å²) in [4.78, 5) is 20.6. The SMILES string of the molecule is CC(Cc1ccco1)NC(=O)N1CCN(c2cc(C#N)ccn2)CC1. The summed E-state index contributed by atoms with van der Waals surface area (Å²) in [5, 5.41) is 12.0. The van der Waals surface area contributed by atoms with Gasteiger partial charge < -0.3 is 19.5 Å². The summed E-state index contributed by atoms with van der Waals surface area (Å²) < 4.78 is 5.31. The average Bonchev–Trinajstić information content (AvgIpc) is 3.14. The predicted octanol–water partition coefficient (Wildman–Crippen LogP) is 2.01. The second kappa shape index (κ2) is 7.71. The molecule has 130 valence electrons. The molecule has 2 aromatic rings. The zero-order chi connectivity index (χ0) is 17.6. The number of pyridine rings is 1. The van der Waals surface area contributed by atoms with Gasteiger partial charge >= 0.3 is 6.03 Å². The van der Waals surface area contributed by atoms with Crippen molar-refractivity contribution < 1.29 is 9.21 Å². The molecule has 1 atom stereocenters. The molecule has 25 heavy (non-hydrogen) atoms. The molecule has 0 aliphatic carbocycles. The number of nitriles is 1. The van der Waals surface area contributed by atoms with Gasteiger partial charge in [-0.1, -0.05) is 0 Å². The largest absolute Gasteiger partial charge is 0.469 e. The Morgan fingerprint density at radius 3 is 2.88 bits per heavy atom. The minimum absolute atomic E-state index is 0.00524. The highest BCUT2D eigenvalue weighted by Crippen LogP contribution is 2.15. The van der Waals surface area contributed by atoms with Crippen molar-refractivity contribution in [3.63, 3.8) is 0 Å². The van der Waals surface area contributed by atoms with Crippen molar-refractivity contribution in [1.29, 1.82) is 5.26 Å². The van der Waals surface area contributed by atoms with Crippen LogP contribution in [-0.4, -0.2) is 48.1 Å². The van der Waals surface area contributed by atoms with Gasteiger partial charge in [0.05, 0.1) is 17.9 Å². The highest BCUT2D eigenvalue weighted by molar-refractivity contribution is 5.74. The van der Waals surface area contributed by atoms with Gasteiger partial charge in [0, 0.05) is 44.8 Å². The van der Waals surface area contributed by atoms with Crippen LogP contribution in [0.15, 0.2) is 41.1 Å². The fraction of sp³-hybridized carbons (Fsp3) is 0.389. The van der Waals surface area contributed by atoms with Crippen molar-refractivity contribution in [3.8, 4) is 6.07 Å². The summed E-state index contributed by atoms with van der Waals surface area (Å²) >= 11 is 0. The van der Waals surface area contributed by atoms with Gasteiger partial charge in [-0.3, -0.25) is 0 Å². The van der Waals surface area contributed by atoms with E-state index in [0.717, 1.165) is 11.6 Å². The molecule has 1 aliphatic rings. The standard InChI is InChI=1S/C18H21N5O2/c1-14(11-16-3-2-10-25-16)21-18(24)23-8-6-22(7-9-23)17-12-15(13-19)4-5-20-17/h2-5,10,12,14H,6-9,11H2,1H3,(H,21,24). The lowest BCUT2D eigenvalue weighted by molar-refractivity contribution is 0.190. The van der Waals surface area contributed by atoms with Crippen molar-refractivity contribution in [2.45, 2.75) is 19.4 Å². The van der Waals surface area contributed by atoms with Crippen LogP contribution in [0.25, 0.3) is 0 Å². The number of aromatic nitrogens is 1. The van der Waals surface area contributed by atoms with Crippen LogP contribution in [0.3, 0.4) is 0 Å². The zero-order valence-electron chi connectivity index (χ0n) is 14.2. The minimum Gasteiger partial charge on any atom is -0.469 e. The van der Waals surface area contributed by atoms with Crippen molar-refractivity contribution >= 4 is 11.8 Å². The maximum absolute atomic E-state index is 12.4. The third kappa shape index (κ3) is 4.29. The van der Waals surface area contributed by atoms with Crippen molar-refractivity contribution in [2.24, 2.45) is 0 Å². The lowest BCUT2D eigenvalue weighted by atomic mass is 10.2. The fourth-order valence-corrected chi connectivity index (χ4v) is 2.88. The molecule has 0 saturated carbocycles. The lowest BCUT2D eigenvalue weighted by Crippen LogP contribution is -2.53. The van der Waals surface area contributed by atoms with Gasteiger partial charge in [-0.15, -0.1) is 0 Å². The van der Waals surface area contributed by atoms with Crippen LogP contribution in [0.2, 0.25) is 0 Å². The summed E-state index contributed by atoms with van der Waals surface area (Å²) in [5.74, 6) is 1.64. The highest BCUT2D eigenvalue weighted by Gasteiger charge is 2.23. The molecule has 1 aliphatic heterocycles. The Kier molecular flexibility index (Phi) is 5.19. The van der Waals surface area contributed by atoms with Crippen molar-refractivity contribution in [3.05, 3.63) is 48.0 Å². The van der Waals surface area contributed by atoms with E-state index in [0.29, 0.717) is 38.2 Å². The Balaban J connectivity index is 1.49. The average molecular weight is 339 g/mol. The van der Waals surface area contributed by atoms with Crippen LogP contribution in [0.4, 0.5) is 10.6 Å². The van der Waals surface area contributed by atoms with Gasteiger partial charge in [-0.25, -0.2) is 9.78 Å². The van der Waals surface area contributed by atoms with Crippen LogP contribution >= 0.6 is 0 Å². The normalized spacial score (nSPS) is 15.5. The molecule has 1 N–H and O–H groups in total. The van der Waals surface area contributed by atoms with Crippen molar-refractivity contribution in [1.82, 2.24) is 15.2 Å². The first-order valence-corrected chi connectivity index (χ1v) is 8.34. The molecule has 3 heterocycles. The smallest absolute Gasteiger partial charge is 0.317 e. The number of urea groups is 1. The second-order valence-electron chi connectivity index (χ2n) is 6.12. The molecule has 1 unspecified atom stereocenters. The van der Waals surface area contributed by atoms with E-state index in [4.69, 9.17) is 9.68 Å².